The van der Waals surface area contributed by atoms with E-state index in [1.165, 1.54) is 15.6 Å². The van der Waals surface area contributed by atoms with Gasteiger partial charge in [0.2, 0.25) is 0 Å². The van der Waals surface area contributed by atoms with Crippen LogP contribution in [0.15, 0.2) is 47.8 Å². The summed E-state index contributed by atoms with van der Waals surface area (Å²) in [5, 5.41) is 15.1. The number of esters is 1. The number of hydrogen-bond acceptors (Lipinski definition) is 9. The van der Waals surface area contributed by atoms with Crippen LogP contribution in [0.4, 0.5) is 5.82 Å². The molecule has 1 unspecified atom stereocenters. The first kappa shape index (κ1) is 29.1. The monoisotopic (exact) mass is 598 g/mol. The van der Waals surface area contributed by atoms with Crippen LogP contribution in [0.2, 0.25) is 0 Å². The van der Waals surface area contributed by atoms with Gasteiger partial charge in [-0.05, 0) is 83.6 Å². The molecule has 0 saturated heterocycles. The molecule has 0 fully saturated rings. The van der Waals surface area contributed by atoms with Crippen molar-refractivity contribution in [1.82, 2.24) is 24.9 Å². The molecule has 2 aromatic carbocycles. The highest BCUT2D eigenvalue weighted by molar-refractivity contribution is 7.17. The summed E-state index contributed by atoms with van der Waals surface area (Å²) >= 11 is 1.76. The predicted molar refractivity (Wildman–Crippen MR) is 171 cm³/mol. The lowest BCUT2D eigenvalue weighted by Gasteiger charge is -2.25. The maximum Gasteiger partial charge on any atom is 0.306 e. The van der Waals surface area contributed by atoms with E-state index in [1.54, 1.807) is 16.0 Å². The first-order valence-electron chi connectivity index (χ1n) is 14.9. The SMILES string of the molecule is CCOC(=O)CC(c1cc(CN2Cc3nc(NC)ccc3O[C@H](CC)C2)c2sccc2c1)c1ccc2c(nnn2C)c1C. The van der Waals surface area contributed by atoms with Crippen molar-refractivity contribution in [3.05, 3.63) is 75.8 Å². The second-order valence-corrected chi connectivity index (χ2v) is 12.1. The van der Waals surface area contributed by atoms with Gasteiger partial charge in [0, 0.05) is 44.3 Å². The van der Waals surface area contributed by atoms with Crippen LogP contribution in [0.25, 0.3) is 21.1 Å². The molecule has 1 aliphatic heterocycles. The van der Waals surface area contributed by atoms with Crippen LogP contribution in [0.5, 0.6) is 5.75 Å². The molecule has 0 bridgehead atoms. The number of rotatable bonds is 9. The molecule has 1 N–H and O–H groups in total. The average molecular weight is 599 g/mol. The van der Waals surface area contributed by atoms with Crippen molar-refractivity contribution in [3.63, 3.8) is 0 Å². The fourth-order valence-corrected chi connectivity index (χ4v) is 7.01. The molecule has 5 aromatic rings. The zero-order valence-electron chi connectivity index (χ0n) is 25.4. The van der Waals surface area contributed by atoms with E-state index >= 15 is 0 Å². The van der Waals surface area contributed by atoms with Gasteiger partial charge in [-0.2, -0.15) is 0 Å². The minimum atomic E-state index is -0.211. The highest BCUT2D eigenvalue weighted by atomic mass is 32.1. The Morgan fingerprint density at radius 1 is 1.21 bits per heavy atom. The molecule has 0 amide bonds. The van der Waals surface area contributed by atoms with Crippen LogP contribution in [0.1, 0.15) is 60.6 Å². The Morgan fingerprint density at radius 2 is 2.07 bits per heavy atom. The molecular weight excluding hydrogens is 560 g/mol. The minimum Gasteiger partial charge on any atom is -0.487 e. The lowest BCUT2D eigenvalue weighted by molar-refractivity contribution is -0.143. The van der Waals surface area contributed by atoms with Crippen LogP contribution in [0.3, 0.4) is 0 Å². The molecule has 224 valence electrons. The van der Waals surface area contributed by atoms with Crippen molar-refractivity contribution < 1.29 is 14.3 Å². The molecule has 10 heteroatoms. The highest BCUT2D eigenvalue weighted by Crippen LogP contribution is 2.38. The molecule has 0 saturated carbocycles. The van der Waals surface area contributed by atoms with Crippen LogP contribution in [-0.2, 0) is 29.7 Å². The topological polar surface area (TPSA) is 94.4 Å². The zero-order valence-corrected chi connectivity index (χ0v) is 26.2. The van der Waals surface area contributed by atoms with E-state index in [-0.39, 0.29) is 24.4 Å². The highest BCUT2D eigenvalue weighted by Gasteiger charge is 2.27. The Bertz CT molecular complexity index is 1780. The second kappa shape index (κ2) is 12.3. The number of fused-ring (bicyclic) bond motifs is 3. The van der Waals surface area contributed by atoms with E-state index in [9.17, 15) is 4.79 Å². The number of thiophene rings is 1. The predicted octanol–water partition coefficient (Wildman–Crippen LogP) is 6.19. The largest absolute Gasteiger partial charge is 0.487 e. The van der Waals surface area contributed by atoms with E-state index in [2.05, 4.69) is 64.0 Å². The van der Waals surface area contributed by atoms with Crippen molar-refractivity contribution in [2.45, 2.75) is 58.7 Å². The Labute approximate surface area is 255 Å². The van der Waals surface area contributed by atoms with Gasteiger partial charge in [0.25, 0.3) is 0 Å². The molecule has 3 aromatic heterocycles. The average Bonchev–Trinajstić information content (AvgIpc) is 3.59. The van der Waals surface area contributed by atoms with Crippen LogP contribution in [-0.4, -0.2) is 57.2 Å². The van der Waals surface area contributed by atoms with E-state index in [0.29, 0.717) is 13.2 Å². The fraction of sp³-hybridized carbons (Fsp3) is 0.394. The molecule has 0 spiro atoms. The van der Waals surface area contributed by atoms with E-state index < -0.39 is 0 Å². The molecule has 1 aliphatic rings. The summed E-state index contributed by atoms with van der Waals surface area (Å²) in [6.45, 7) is 8.66. The van der Waals surface area contributed by atoms with Gasteiger partial charge in [0.05, 0.1) is 24.2 Å². The lowest BCUT2D eigenvalue weighted by Crippen LogP contribution is -2.32. The van der Waals surface area contributed by atoms with Gasteiger partial charge in [-0.25, -0.2) is 9.67 Å². The third kappa shape index (κ3) is 5.81. The normalized spacial score (nSPS) is 16.1. The summed E-state index contributed by atoms with van der Waals surface area (Å²) in [4.78, 5) is 20.3. The molecule has 0 aliphatic carbocycles. The number of aryl methyl sites for hydroxylation is 2. The van der Waals surface area contributed by atoms with Gasteiger partial charge in [-0.1, -0.05) is 24.3 Å². The van der Waals surface area contributed by atoms with Crippen LogP contribution < -0.4 is 10.1 Å². The lowest BCUT2D eigenvalue weighted by atomic mass is 9.84. The van der Waals surface area contributed by atoms with Gasteiger partial charge in [0.15, 0.2) is 0 Å². The van der Waals surface area contributed by atoms with Crippen molar-refractivity contribution in [3.8, 4) is 5.75 Å². The molecule has 0 radical (unpaired) electrons. The number of pyridine rings is 1. The summed E-state index contributed by atoms with van der Waals surface area (Å²) in [6, 6.07) is 14.8. The van der Waals surface area contributed by atoms with Crippen molar-refractivity contribution in [1.29, 1.82) is 0 Å². The van der Waals surface area contributed by atoms with Crippen molar-refractivity contribution >= 4 is 44.2 Å². The molecule has 2 atom stereocenters. The number of nitrogens with zero attached hydrogens (tertiary/aromatic N) is 5. The first-order chi connectivity index (χ1) is 20.9. The number of anilines is 1. The van der Waals surface area contributed by atoms with E-state index in [1.807, 2.05) is 39.2 Å². The van der Waals surface area contributed by atoms with Gasteiger partial charge >= 0.3 is 5.97 Å². The first-order valence-corrected chi connectivity index (χ1v) is 15.8. The van der Waals surface area contributed by atoms with E-state index in [4.69, 9.17) is 14.5 Å². The molecule has 4 heterocycles. The zero-order chi connectivity index (χ0) is 30.1. The van der Waals surface area contributed by atoms with Gasteiger partial charge in [0.1, 0.15) is 23.2 Å². The van der Waals surface area contributed by atoms with Gasteiger partial charge < -0.3 is 14.8 Å². The fourth-order valence-electron chi connectivity index (χ4n) is 6.12. The summed E-state index contributed by atoms with van der Waals surface area (Å²) < 4.78 is 14.9. The van der Waals surface area contributed by atoms with Crippen molar-refractivity contribution in [2.24, 2.45) is 7.05 Å². The summed E-state index contributed by atoms with van der Waals surface area (Å²) in [5.41, 5.74) is 7.18. The number of ether oxygens (including phenoxy) is 2. The van der Waals surface area contributed by atoms with Crippen LogP contribution >= 0.6 is 11.3 Å². The number of carbonyl (C=O) groups excluding carboxylic acids is 1. The second-order valence-electron chi connectivity index (χ2n) is 11.2. The molecule has 9 nitrogen and oxygen atoms in total. The van der Waals surface area contributed by atoms with Gasteiger partial charge in [-0.3, -0.25) is 9.69 Å². The molecule has 6 rings (SSSR count). The Kier molecular flexibility index (Phi) is 8.32. The summed E-state index contributed by atoms with van der Waals surface area (Å²) in [6.07, 6.45) is 1.22. The Hall–Kier alpha value is -4.02. The quantitative estimate of drug-likeness (QED) is 0.201. The number of carbonyl (C=O) groups is 1. The maximum atomic E-state index is 13.0. The molecule has 43 heavy (non-hydrogen) atoms. The standard InChI is InChI=1S/C33H38N6O3S/c1-6-24-18-39(19-27-29(42-24)10-11-30(34-4)35-27)17-23-15-22(14-21-12-13-43-33(21)23)26(16-31(40)41-7-2)25-8-9-28-32(20(25)3)36-37-38(28)5/h8-15,24,26H,6-7,16-19H2,1-5H3,(H,34,35)/t24-,26?/m1/s1. The molecular formula is C33H38N6O3S. The number of aromatic nitrogens is 4. The summed E-state index contributed by atoms with van der Waals surface area (Å²) in [7, 11) is 3.78. The van der Waals surface area contributed by atoms with Gasteiger partial charge in [-0.15, -0.1) is 16.4 Å². The minimum absolute atomic E-state index is 0.0726. The smallest absolute Gasteiger partial charge is 0.306 e. The van der Waals surface area contributed by atoms with E-state index in [0.717, 1.165) is 64.5 Å². The van der Waals surface area contributed by atoms with Crippen molar-refractivity contribution in [2.75, 3.05) is 25.5 Å². The number of nitrogens with one attached hydrogen (secondary N) is 1. The maximum absolute atomic E-state index is 13.0. The Morgan fingerprint density at radius 3 is 2.86 bits per heavy atom. The third-order valence-corrected chi connectivity index (χ3v) is 9.36. The third-order valence-electron chi connectivity index (χ3n) is 8.35. The van der Waals surface area contributed by atoms with Crippen LogP contribution in [0, 0.1) is 6.92 Å². The Balaban J connectivity index is 1.41. The number of hydrogen-bond donors (Lipinski definition) is 1. The number of benzene rings is 2. The summed E-state index contributed by atoms with van der Waals surface area (Å²) in [5.74, 6) is 1.28.